The van der Waals surface area contributed by atoms with Crippen molar-refractivity contribution in [2.45, 2.75) is 57.4 Å². The molecular formula is C25H30N4O. The maximum absolute atomic E-state index is 13.1. The molecule has 1 aromatic carbocycles. The molecule has 1 aromatic rings. The number of fused-ring (bicyclic) bond motifs is 2. The van der Waals surface area contributed by atoms with Crippen LogP contribution in [0.15, 0.2) is 51.4 Å². The van der Waals surface area contributed by atoms with Gasteiger partial charge in [0.25, 0.3) is 5.91 Å². The zero-order chi connectivity index (χ0) is 20.7. The van der Waals surface area contributed by atoms with Crippen LogP contribution in [-0.2, 0) is 4.79 Å². The topological polar surface area (TPSA) is 57.4 Å². The number of nitrogens with zero attached hydrogens (tertiary/aromatic N) is 4. The van der Waals surface area contributed by atoms with Crippen LogP contribution in [-0.4, -0.2) is 47.8 Å². The minimum atomic E-state index is -0.0656. The summed E-state index contributed by atoms with van der Waals surface area (Å²) in [5.74, 6) is 3.38. The lowest BCUT2D eigenvalue weighted by atomic mass is 9.87. The Morgan fingerprint density at radius 2 is 1.90 bits per heavy atom. The highest BCUT2D eigenvalue weighted by Crippen LogP contribution is 2.47. The van der Waals surface area contributed by atoms with Gasteiger partial charge in [0.05, 0.1) is 0 Å². The lowest BCUT2D eigenvalue weighted by Crippen LogP contribution is -2.34. The number of allylic oxidation sites excluding steroid dienone is 2. The van der Waals surface area contributed by atoms with Crippen molar-refractivity contribution in [1.82, 2.24) is 4.90 Å². The Balaban J connectivity index is 1.25. The molecule has 3 aliphatic heterocycles. The molecule has 156 valence electrons. The van der Waals surface area contributed by atoms with Gasteiger partial charge in [0.1, 0.15) is 6.04 Å². The minimum absolute atomic E-state index is 0.00839. The van der Waals surface area contributed by atoms with Gasteiger partial charge in [0.15, 0.2) is 5.84 Å². The molecule has 1 saturated carbocycles. The minimum Gasteiger partial charge on any atom is -0.335 e. The lowest BCUT2D eigenvalue weighted by molar-refractivity contribution is -0.123. The summed E-state index contributed by atoms with van der Waals surface area (Å²) < 4.78 is 0. The summed E-state index contributed by atoms with van der Waals surface area (Å²) in [4.78, 5) is 28.6. The van der Waals surface area contributed by atoms with Crippen LogP contribution >= 0.6 is 0 Å². The van der Waals surface area contributed by atoms with Crippen molar-refractivity contribution in [3.63, 3.8) is 0 Å². The normalized spacial score (nSPS) is 32.2. The number of amides is 1. The van der Waals surface area contributed by atoms with E-state index in [1.54, 1.807) is 6.21 Å². The Labute approximate surface area is 178 Å². The monoisotopic (exact) mass is 402 g/mol. The molecule has 30 heavy (non-hydrogen) atoms. The molecule has 4 aliphatic rings. The molecule has 3 heterocycles. The zero-order valence-electron chi connectivity index (χ0n) is 17.9. The number of rotatable bonds is 3. The number of hydrogen-bond acceptors (Lipinski definition) is 4. The van der Waals surface area contributed by atoms with E-state index in [1.807, 2.05) is 11.0 Å². The SMILES string of the molecule is CC(C)c1ccccc1[C@@H]1C[C@@H]2CN(C(=O)C3=N[C@H]4CC/C=C\C=N/C4=N3)C[C@@H]2C1. The molecule has 2 fully saturated rings. The standard InChI is InChI=1S/C25H30N4O/c1-16(2)20-8-5-6-9-21(20)17-12-18-14-29(15-19(18)13-17)25(30)24-27-22-10-4-3-7-11-26-23(22)28-24/h3,5-9,11,16-19,22H,4,10,12-15H2,1-2H3/b7-3-,26-11-/t17-,18-,19+,22-/m0/s1. The van der Waals surface area contributed by atoms with E-state index in [1.165, 1.54) is 24.0 Å². The molecule has 0 unspecified atom stereocenters. The second-order valence-electron chi connectivity index (χ2n) is 9.40. The van der Waals surface area contributed by atoms with Gasteiger partial charge in [-0.3, -0.25) is 9.79 Å². The van der Waals surface area contributed by atoms with Crippen molar-refractivity contribution < 1.29 is 4.79 Å². The first-order chi connectivity index (χ1) is 14.6. The van der Waals surface area contributed by atoms with Crippen LogP contribution in [0.3, 0.4) is 0 Å². The molecule has 1 amide bonds. The number of likely N-dealkylation sites (tertiary alicyclic amines) is 1. The van der Waals surface area contributed by atoms with Crippen molar-refractivity contribution in [3.05, 3.63) is 47.5 Å². The van der Waals surface area contributed by atoms with E-state index in [0.29, 0.717) is 35.3 Å². The third-order valence-electron chi connectivity index (χ3n) is 7.12. The molecule has 0 radical (unpaired) electrons. The molecule has 5 rings (SSSR count). The van der Waals surface area contributed by atoms with Crippen LogP contribution in [0.25, 0.3) is 0 Å². The van der Waals surface area contributed by atoms with Gasteiger partial charge in [-0.15, -0.1) is 0 Å². The van der Waals surface area contributed by atoms with Gasteiger partial charge in [-0.05, 0) is 66.6 Å². The highest BCUT2D eigenvalue weighted by Gasteiger charge is 2.44. The Hall–Kier alpha value is -2.56. The Bertz CT molecular complexity index is 944. The second-order valence-corrected chi connectivity index (χ2v) is 9.40. The summed E-state index contributed by atoms with van der Waals surface area (Å²) in [5.41, 5.74) is 3.00. The average Bonchev–Trinajstić information content (AvgIpc) is 3.40. The van der Waals surface area contributed by atoms with E-state index in [0.717, 1.165) is 25.9 Å². The fourth-order valence-corrected chi connectivity index (χ4v) is 5.63. The average molecular weight is 403 g/mol. The van der Waals surface area contributed by atoms with Crippen molar-refractivity contribution in [2.24, 2.45) is 26.8 Å². The van der Waals surface area contributed by atoms with Crippen molar-refractivity contribution >= 4 is 23.8 Å². The Morgan fingerprint density at radius 3 is 2.67 bits per heavy atom. The molecule has 0 bridgehead atoms. The molecule has 0 N–H and O–H groups in total. The highest BCUT2D eigenvalue weighted by atomic mass is 16.2. The quantitative estimate of drug-likeness (QED) is 0.741. The summed E-state index contributed by atoms with van der Waals surface area (Å²) in [6, 6.07) is 8.85. The van der Waals surface area contributed by atoms with Crippen LogP contribution in [0.5, 0.6) is 0 Å². The first-order valence-electron chi connectivity index (χ1n) is 11.3. The zero-order valence-corrected chi connectivity index (χ0v) is 17.9. The largest absolute Gasteiger partial charge is 0.335 e. The van der Waals surface area contributed by atoms with E-state index >= 15 is 0 Å². The summed E-state index contributed by atoms with van der Waals surface area (Å²) in [6.07, 6.45) is 9.94. The molecule has 5 heteroatoms. The molecule has 5 nitrogen and oxygen atoms in total. The summed E-state index contributed by atoms with van der Waals surface area (Å²) in [5, 5.41) is 0. The van der Waals surface area contributed by atoms with E-state index < -0.39 is 0 Å². The first-order valence-corrected chi connectivity index (χ1v) is 11.3. The van der Waals surface area contributed by atoms with Crippen molar-refractivity contribution in [3.8, 4) is 0 Å². The van der Waals surface area contributed by atoms with Gasteiger partial charge in [-0.2, -0.15) is 0 Å². The number of aliphatic imine (C=N–C) groups is 3. The van der Waals surface area contributed by atoms with Gasteiger partial charge in [-0.1, -0.05) is 44.2 Å². The van der Waals surface area contributed by atoms with Crippen LogP contribution in [0, 0.1) is 11.8 Å². The molecule has 4 atom stereocenters. The molecule has 1 saturated heterocycles. The number of carbonyl (C=O) groups excluding carboxylic acids is 1. The van der Waals surface area contributed by atoms with Crippen LogP contribution in [0.4, 0.5) is 0 Å². The lowest BCUT2D eigenvalue weighted by Gasteiger charge is -2.21. The predicted molar refractivity (Wildman–Crippen MR) is 122 cm³/mol. The van der Waals surface area contributed by atoms with Gasteiger partial charge in [0.2, 0.25) is 5.84 Å². The predicted octanol–water partition coefficient (Wildman–Crippen LogP) is 4.36. The third kappa shape index (κ3) is 3.55. The van der Waals surface area contributed by atoms with Crippen LogP contribution in [0.1, 0.15) is 62.5 Å². The first kappa shape index (κ1) is 19.4. The molecule has 0 aromatic heterocycles. The number of amidine groups is 2. The van der Waals surface area contributed by atoms with E-state index in [-0.39, 0.29) is 11.9 Å². The van der Waals surface area contributed by atoms with Crippen molar-refractivity contribution in [2.75, 3.05) is 13.1 Å². The Kier molecular flexibility index (Phi) is 5.13. The number of hydrogen-bond donors (Lipinski definition) is 0. The maximum atomic E-state index is 13.1. The van der Waals surface area contributed by atoms with E-state index in [9.17, 15) is 4.79 Å². The summed E-state index contributed by atoms with van der Waals surface area (Å²) in [7, 11) is 0. The fourth-order valence-electron chi connectivity index (χ4n) is 5.63. The third-order valence-corrected chi connectivity index (χ3v) is 7.12. The van der Waals surface area contributed by atoms with Gasteiger partial charge in [-0.25, -0.2) is 9.98 Å². The Morgan fingerprint density at radius 1 is 1.13 bits per heavy atom. The fraction of sp³-hybridized carbons (Fsp3) is 0.520. The van der Waals surface area contributed by atoms with E-state index in [4.69, 9.17) is 0 Å². The maximum Gasteiger partial charge on any atom is 0.291 e. The van der Waals surface area contributed by atoms with Crippen LogP contribution in [0.2, 0.25) is 0 Å². The summed E-state index contributed by atoms with van der Waals surface area (Å²) >= 11 is 0. The van der Waals surface area contributed by atoms with Crippen LogP contribution < -0.4 is 0 Å². The van der Waals surface area contributed by atoms with Gasteiger partial charge < -0.3 is 4.90 Å². The smallest absolute Gasteiger partial charge is 0.291 e. The van der Waals surface area contributed by atoms with Crippen molar-refractivity contribution in [1.29, 1.82) is 0 Å². The molecule has 0 spiro atoms. The molecule has 1 aliphatic carbocycles. The highest BCUT2D eigenvalue weighted by molar-refractivity contribution is 6.41. The van der Waals surface area contributed by atoms with Gasteiger partial charge in [0, 0.05) is 19.3 Å². The number of benzene rings is 1. The number of carbonyl (C=O) groups is 1. The summed E-state index contributed by atoms with van der Waals surface area (Å²) in [6.45, 7) is 6.23. The molecular weight excluding hydrogens is 372 g/mol. The van der Waals surface area contributed by atoms with E-state index in [2.05, 4.69) is 59.2 Å². The van der Waals surface area contributed by atoms with Gasteiger partial charge >= 0.3 is 0 Å². The second kappa shape index (κ2) is 7.93.